The summed E-state index contributed by atoms with van der Waals surface area (Å²) in [7, 11) is 6.12. The van der Waals surface area contributed by atoms with Crippen LogP contribution in [0.1, 0.15) is 16.7 Å². The Morgan fingerprint density at radius 1 is 0.968 bits per heavy atom. The molecule has 0 bridgehead atoms. The van der Waals surface area contributed by atoms with Crippen LogP contribution < -0.4 is 16.5 Å². The number of aromatic amines is 2. The molecule has 1 aliphatic rings. The molecule has 6 nitrogen and oxygen atoms in total. The van der Waals surface area contributed by atoms with Crippen LogP contribution >= 0.6 is 22.6 Å². The van der Waals surface area contributed by atoms with Crippen LogP contribution in [0.15, 0.2) is 70.5 Å². The van der Waals surface area contributed by atoms with Crippen molar-refractivity contribution in [3.8, 4) is 0 Å². The van der Waals surface area contributed by atoms with Gasteiger partial charge in [-0.15, -0.1) is 0 Å². The minimum Gasteiger partial charge on any atom is -0.324 e. The molecule has 31 heavy (non-hydrogen) atoms. The highest BCUT2D eigenvalue weighted by molar-refractivity contribution is 14.1. The van der Waals surface area contributed by atoms with Crippen molar-refractivity contribution in [3.63, 3.8) is 0 Å². The van der Waals surface area contributed by atoms with Crippen molar-refractivity contribution in [2.24, 2.45) is 4.99 Å². The number of aliphatic imine (C=N–C) groups is 1. The van der Waals surface area contributed by atoms with Crippen LogP contribution in [0.4, 0.5) is 5.69 Å². The number of rotatable bonds is 3. The lowest BCUT2D eigenvalue weighted by Crippen LogP contribution is -2.29. The number of fused-ring (bicyclic) bond motifs is 2. The van der Waals surface area contributed by atoms with Gasteiger partial charge in [-0.2, -0.15) is 0 Å². The second-order valence-electron chi connectivity index (χ2n) is 7.42. The first-order valence-electron chi connectivity index (χ1n) is 9.72. The number of carbonyl (C=O) groups is 1. The lowest BCUT2D eigenvalue weighted by Gasteiger charge is -2.13. The molecule has 0 saturated carbocycles. The second-order valence-corrected chi connectivity index (χ2v) is 8.66. The van der Waals surface area contributed by atoms with Crippen LogP contribution in [0.3, 0.4) is 0 Å². The second kappa shape index (κ2) is 7.84. The standard InChI is InChI=1S/C23H16BIN4O2/c24-16-4-2-1-3-12(16)9-20-22(30)27-17-8-6-14(25)11-15(17)21(26-20)13-5-7-18-19(10-13)29-23(31)28-18/h1-8,10-11,20H,9H2,(H,27,30)(H2,28,29,31). The zero-order valence-electron chi connectivity index (χ0n) is 16.3. The molecule has 4 aromatic rings. The molecule has 150 valence electrons. The van der Waals surface area contributed by atoms with E-state index in [1.54, 1.807) is 0 Å². The van der Waals surface area contributed by atoms with Crippen molar-refractivity contribution in [2.45, 2.75) is 12.5 Å². The van der Waals surface area contributed by atoms with E-state index in [1.165, 1.54) is 0 Å². The van der Waals surface area contributed by atoms with Crippen LogP contribution in [0.2, 0.25) is 0 Å². The molecule has 2 radical (unpaired) electrons. The molecule has 0 fully saturated rings. The molecule has 8 heteroatoms. The molecular weight excluding hydrogens is 502 g/mol. The average Bonchev–Trinajstić information content (AvgIpc) is 3.06. The van der Waals surface area contributed by atoms with Crippen LogP contribution in [0, 0.1) is 3.57 Å². The zero-order valence-corrected chi connectivity index (χ0v) is 18.4. The van der Waals surface area contributed by atoms with Crippen LogP contribution in [-0.2, 0) is 11.2 Å². The Morgan fingerprint density at radius 3 is 2.61 bits per heavy atom. The number of aromatic nitrogens is 2. The van der Waals surface area contributed by atoms with Gasteiger partial charge in [0.15, 0.2) is 0 Å². The molecule has 1 aliphatic heterocycles. The van der Waals surface area contributed by atoms with Crippen molar-refractivity contribution >= 4 is 64.2 Å². The fourth-order valence-electron chi connectivity index (χ4n) is 3.80. The highest BCUT2D eigenvalue weighted by Gasteiger charge is 2.26. The van der Waals surface area contributed by atoms with E-state index in [0.717, 1.165) is 20.3 Å². The molecular formula is C23H16BIN4O2. The van der Waals surface area contributed by atoms with E-state index in [0.29, 0.717) is 34.3 Å². The average molecular weight is 518 g/mol. The van der Waals surface area contributed by atoms with Crippen molar-refractivity contribution in [3.05, 3.63) is 91.4 Å². The van der Waals surface area contributed by atoms with Gasteiger partial charge in [0, 0.05) is 21.1 Å². The maximum atomic E-state index is 13.1. The van der Waals surface area contributed by atoms with Gasteiger partial charge in [0.1, 0.15) is 13.9 Å². The van der Waals surface area contributed by atoms with Gasteiger partial charge in [-0.1, -0.05) is 41.4 Å². The molecule has 5 rings (SSSR count). The SMILES string of the molecule is [B]c1ccccc1CC1N=C(c2ccc3[nH]c(=O)[nH]c3c2)c2cc(I)ccc2NC1=O. The normalized spacial score (nSPS) is 15.8. The Labute approximate surface area is 192 Å². The summed E-state index contributed by atoms with van der Waals surface area (Å²) >= 11 is 2.24. The summed E-state index contributed by atoms with van der Waals surface area (Å²) in [5, 5.41) is 3.02. The third-order valence-corrected chi connectivity index (χ3v) is 6.01. The predicted molar refractivity (Wildman–Crippen MR) is 132 cm³/mol. The quantitative estimate of drug-likeness (QED) is 0.288. The van der Waals surface area contributed by atoms with Gasteiger partial charge in [-0.05, 0) is 52.9 Å². The number of hydrogen-bond acceptors (Lipinski definition) is 3. The molecule has 1 unspecified atom stereocenters. The number of halogens is 1. The summed E-state index contributed by atoms with van der Waals surface area (Å²) in [5.41, 5.74) is 5.68. The van der Waals surface area contributed by atoms with E-state index in [-0.39, 0.29) is 11.6 Å². The number of amides is 1. The molecule has 3 N–H and O–H groups in total. The Kier molecular flexibility index (Phi) is 5.01. The Bertz CT molecular complexity index is 1420. The number of hydrogen-bond donors (Lipinski definition) is 3. The fourth-order valence-corrected chi connectivity index (χ4v) is 4.29. The highest BCUT2D eigenvalue weighted by Crippen LogP contribution is 2.27. The first kappa shape index (κ1) is 19.8. The number of nitrogens with one attached hydrogen (secondary N) is 3. The summed E-state index contributed by atoms with van der Waals surface area (Å²) in [6, 6.07) is 18.3. The molecule has 0 spiro atoms. The number of benzodiazepines with no additional fused rings is 1. The Hall–Kier alpha value is -3.14. The van der Waals surface area contributed by atoms with Gasteiger partial charge >= 0.3 is 5.69 Å². The Morgan fingerprint density at radius 2 is 1.77 bits per heavy atom. The largest absolute Gasteiger partial charge is 0.324 e. The lowest BCUT2D eigenvalue weighted by molar-refractivity contribution is -0.117. The maximum Gasteiger partial charge on any atom is 0.323 e. The summed E-state index contributed by atoms with van der Waals surface area (Å²) in [6.07, 6.45) is 0.385. The number of H-pyrrole nitrogens is 2. The first-order valence-corrected chi connectivity index (χ1v) is 10.8. The topological polar surface area (TPSA) is 90.1 Å². The monoisotopic (exact) mass is 518 g/mol. The number of anilines is 1. The molecule has 2 heterocycles. The van der Waals surface area contributed by atoms with Crippen molar-refractivity contribution in [2.75, 3.05) is 5.32 Å². The minimum atomic E-state index is -0.647. The van der Waals surface area contributed by atoms with E-state index in [9.17, 15) is 9.59 Å². The van der Waals surface area contributed by atoms with Gasteiger partial charge in [0.25, 0.3) is 0 Å². The molecule has 0 aliphatic carbocycles. The summed E-state index contributed by atoms with van der Waals surface area (Å²) in [5.74, 6) is -0.183. The van der Waals surface area contributed by atoms with Gasteiger partial charge in [0.05, 0.1) is 22.4 Å². The summed E-state index contributed by atoms with van der Waals surface area (Å²) in [4.78, 5) is 35.2. The van der Waals surface area contributed by atoms with Crippen LogP contribution in [-0.4, -0.2) is 35.5 Å². The fraction of sp³-hybridized carbons (Fsp3) is 0.0870. The molecule has 1 atom stereocenters. The zero-order chi connectivity index (χ0) is 21.5. The first-order chi connectivity index (χ1) is 15.0. The smallest absolute Gasteiger partial charge is 0.323 e. The van der Waals surface area contributed by atoms with Gasteiger partial charge in [-0.25, -0.2) is 4.79 Å². The number of benzene rings is 3. The van der Waals surface area contributed by atoms with E-state index in [1.807, 2.05) is 60.7 Å². The van der Waals surface area contributed by atoms with Crippen molar-refractivity contribution in [1.29, 1.82) is 0 Å². The van der Waals surface area contributed by atoms with Gasteiger partial charge in [-0.3, -0.25) is 9.79 Å². The van der Waals surface area contributed by atoms with E-state index < -0.39 is 6.04 Å². The van der Waals surface area contributed by atoms with Crippen LogP contribution in [0.25, 0.3) is 11.0 Å². The predicted octanol–water partition coefficient (Wildman–Crippen LogP) is 2.66. The number of imidazole rings is 1. The highest BCUT2D eigenvalue weighted by atomic mass is 127. The molecule has 1 amide bonds. The van der Waals surface area contributed by atoms with Crippen LogP contribution in [0.5, 0.6) is 0 Å². The van der Waals surface area contributed by atoms with E-state index in [2.05, 4.69) is 37.9 Å². The Balaban J connectivity index is 1.67. The van der Waals surface area contributed by atoms with E-state index >= 15 is 0 Å². The van der Waals surface area contributed by atoms with Gasteiger partial charge < -0.3 is 15.3 Å². The number of nitrogens with zero attached hydrogens (tertiary/aromatic N) is 1. The molecule has 0 saturated heterocycles. The maximum absolute atomic E-state index is 13.1. The third-order valence-electron chi connectivity index (χ3n) is 5.34. The van der Waals surface area contributed by atoms with E-state index in [4.69, 9.17) is 12.8 Å². The third kappa shape index (κ3) is 3.83. The van der Waals surface area contributed by atoms with Crippen molar-refractivity contribution in [1.82, 2.24) is 9.97 Å². The summed E-state index contributed by atoms with van der Waals surface area (Å²) < 4.78 is 1.03. The minimum absolute atomic E-state index is 0.183. The number of carbonyl (C=O) groups excluding carboxylic acids is 1. The summed E-state index contributed by atoms with van der Waals surface area (Å²) in [6.45, 7) is 0. The lowest BCUT2D eigenvalue weighted by atomic mass is 9.87. The van der Waals surface area contributed by atoms with Crippen molar-refractivity contribution < 1.29 is 4.79 Å². The molecule has 3 aromatic carbocycles. The van der Waals surface area contributed by atoms with Gasteiger partial charge in [0.2, 0.25) is 5.91 Å². The molecule has 1 aromatic heterocycles.